The predicted octanol–water partition coefficient (Wildman–Crippen LogP) is 2.75. The van der Waals surface area contributed by atoms with Gasteiger partial charge in [-0.3, -0.25) is 9.59 Å². The number of para-hydroxylation sites is 1. The molecule has 0 heterocycles. The minimum absolute atomic E-state index is 0.167. The molecule has 146 valence electrons. The fourth-order valence-corrected chi connectivity index (χ4v) is 2.54. The topological polar surface area (TPSA) is 79.8 Å². The fourth-order valence-electron chi connectivity index (χ4n) is 2.54. The highest BCUT2D eigenvalue weighted by Gasteiger charge is 2.09. The maximum Gasteiger partial charge on any atom is 0.259 e. The van der Waals surface area contributed by atoms with Gasteiger partial charge in [-0.25, -0.2) is 5.43 Å². The van der Waals surface area contributed by atoms with E-state index in [1.165, 1.54) is 0 Å². The summed E-state index contributed by atoms with van der Waals surface area (Å²) in [5, 5.41) is 6.78. The lowest BCUT2D eigenvalue weighted by atomic mass is 10.0. The van der Waals surface area contributed by atoms with Gasteiger partial charge in [0.2, 0.25) is 0 Å². The van der Waals surface area contributed by atoms with Crippen LogP contribution < -0.4 is 15.5 Å². The van der Waals surface area contributed by atoms with Gasteiger partial charge in [0, 0.05) is 11.1 Å². The standard InChI is InChI=1S/C23H21N3O3/c27-21(16-24-22(28)17-29-20-14-8-3-9-15-20)25-26-23(18-10-4-1-5-11-18)19-12-6-2-7-13-19/h1-15H,16-17H2,(H,24,28)(H,25,27). The first kappa shape index (κ1) is 19.8. The van der Waals surface area contributed by atoms with E-state index in [0.717, 1.165) is 11.1 Å². The van der Waals surface area contributed by atoms with E-state index in [0.29, 0.717) is 11.5 Å². The Bertz CT molecular complexity index is 917. The van der Waals surface area contributed by atoms with Crippen molar-refractivity contribution in [2.75, 3.05) is 13.2 Å². The zero-order valence-electron chi connectivity index (χ0n) is 15.7. The molecule has 3 aromatic carbocycles. The van der Waals surface area contributed by atoms with E-state index in [1.807, 2.05) is 78.9 Å². The van der Waals surface area contributed by atoms with Crippen molar-refractivity contribution in [2.24, 2.45) is 5.10 Å². The van der Waals surface area contributed by atoms with Crippen molar-refractivity contribution >= 4 is 17.5 Å². The Labute approximate surface area is 169 Å². The van der Waals surface area contributed by atoms with Gasteiger partial charge in [0.05, 0.1) is 12.3 Å². The van der Waals surface area contributed by atoms with Crippen molar-refractivity contribution in [3.8, 4) is 5.75 Å². The number of ether oxygens (including phenoxy) is 1. The summed E-state index contributed by atoms with van der Waals surface area (Å²) < 4.78 is 5.34. The van der Waals surface area contributed by atoms with Gasteiger partial charge < -0.3 is 10.1 Å². The Morgan fingerprint density at radius 2 is 1.24 bits per heavy atom. The molecule has 0 aliphatic heterocycles. The fraction of sp³-hybridized carbons (Fsp3) is 0.0870. The number of nitrogens with one attached hydrogen (secondary N) is 2. The predicted molar refractivity (Wildman–Crippen MR) is 112 cm³/mol. The maximum atomic E-state index is 12.1. The molecule has 0 saturated heterocycles. The number of carbonyl (C=O) groups is 2. The summed E-state index contributed by atoms with van der Waals surface area (Å²) in [6, 6.07) is 28.1. The Morgan fingerprint density at radius 3 is 1.79 bits per heavy atom. The minimum atomic E-state index is -0.428. The number of rotatable bonds is 8. The summed E-state index contributed by atoms with van der Waals surface area (Å²) in [5.41, 5.74) is 4.89. The highest BCUT2D eigenvalue weighted by Crippen LogP contribution is 2.10. The summed E-state index contributed by atoms with van der Waals surface area (Å²) in [5.74, 6) is -0.228. The van der Waals surface area contributed by atoms with Crippen LogP contribution in [0.5, 0.6) is 5.75 Å². The largest absolute Gasteiger partial charge is 0.484 e. The molecule has 0 aliphatic carbocycles. The molecule has 0 fully saturated rings. The summed E-state index contributed by atoms with van der Waals surface area (Å²) in [6.07, 6.45) is 0. The number of hydrogen-bond acceptors (Lipinski definition) is 4. The van der Waals surface area contributed by atoms with Crippen LogP contribution in [0.25, 0.3) is 0 Å². The number of carbonyl (C=O) groups excluding carboxylic acids is 2. The zero-order valence-corrected chi connectivity index (χ0v) is 15.7. The summed E-state index contributed by atoms with van der Waals surface area (Å²) in [7, 11) is 0. The first-order chi connectivity index (χ1) is 14.2. The molecule has 3 rings (SSSR count). The van der Waals surface area contributed by atoms with Crippen molar-refractivity contribution < 1.29 is 14.3 Å². The van der Waals surface area contributed by atoms with Gasteiger partial charge in [0.1, 0.15) is 5.75 Å². The third kappa shape index (κ3) is 6.32. The van der Waals surface area contributed by atoms with E-state index < -0.39 is 5.91 Å². The minimum Gasteiger partial charge on any atom is -0.484 e. The van der Waals surface area contributed by atoms with Crippen molar-refractivity contribution in [3.05, 3.63) is 102 Å². The molecule has 3 aromatic rings. The molecular weight excluding hydrogens is 366 g/mol. The molecule has 29 heavy (non-hydrogen) atoms. The molecule has 0 bridgehead atoms. The Kier molecular flexibility index (Phi) is 7.12. The summed E-state index contributed by atoms with van der Waals surface area (Å²) >= 11 is 0. The summed E-state index contributed by atoms with van der Waals surface area (Å²) in [6.45, 7) is -0.364. The van der Waals surface area contributed by atoms with Gasteiger partial charge in [0.25, 0.3) is 11.8 Å². The molecule has 0 saturated carbocycles. The van der Waals surface area contributed by atoms with Crippen LogP contribution in [0, 0.1) is 0 Å². The van der Waals surface area contributed by atoms with Crippen LogP contribution in [0.15, 0.2) is 96.1 Å². The third-order valence-electron chi connectivity index (χ3n) is 3.95. The molecule has 2 amide bonds. The highest BCUT2D eigenvalue weighted by molar-refractivity contribution is 6.13. The molecule has 0 aliphatic rings. The van der Waals surface area contributed by atoms with Gasteiger partial charge in [0.15, 0.2) is 6.61 Å². The van der Waals surface area contributed by atoms with Gasteiger partial charge in [-0.15, -0.1) is 0 Å². The number of amides is 2. The SMILES string of the molecule is O=C(COc1ccccc1)NCC(=O)NN=C(c1ccccc1)c1ccccc1. The first-order valence-corrected chi connectivity index (χ1v) is 9.14. The van der Waals surface area contributed by atoms with Crippen LogP contribution in [0.1, 0.15) is 11.1 Å². The molecule has 0 unspecified atom stereocenters. The third-order valence-corrected chi connectivity index (χ3v) is 3.95. The van der Waals surface area contributed by atoms with E-state index >= 15 is 0 Å². The molecule has 0 radical (unpaired) electrons. The van der Waals surface area contributed by atoms with Crippen LogP contribution in [-0.4, -0.2) is 30.7 Å². The second-order valence-corrected chi connectivity index (χ2v) is 6.11. The molecular formula is C23H21N3O3. The van der Waals surface area contributed by atoms with Gasteiger partial charge in [-0.2, -0.15) is 5.10 Å². The van der Waals surface area contributed by atoms with Crippen molar-refractivity contribution in [1.82, 2.24) is 10.7 Å². The number of benzene rings is 3. The molecule has 6 nitrogen and oxygen atoms in total. The maximum absolute atomic E-state index is 12.1. The highest BCUT2D eigenvalue weighted by atomic mass is 16.5. The van der Waals surface area contributed by atoms with Crippen LogP contribution >= 0.6 is 0 Å². The smallest absolute Gasteiger partial charge is 0.259 e. The van der Waals surface area contributed by atoms with Gasteiger partial charge in [-0.1, -0.05) is 78.9 Å². The number of hydrazone groups is 1. The Balaban J connectivity index is 1.55. The number of hydrogen-bond donors (Lipinski definition) is 2. The van der Waals surface area contributed by atoms with E-state index in [-0.39, 0.29) is 19.1 Å². The van der Waals surface area contributed by atoms with Crippen molar-refractivity contribution in [1.29, 1.82) is 0 Å². The molecule has 0 atom stereocenters. The monoisotopic (exact) mass is 387 g/mol. The molecule has 2 N–H and O–H groups in total. The lowest BCUT2D eigenvalue weighted by molar-refractivity contribution is -0.127. The molecule has 0 spiro atoms. The van der Waals surface area contributed by atoms with Crippen molar-refractivity contribution in [3.63, 3.8) is 0 Å². The second-order valence-electron chi connectivity index (χ2n) is 6.11. The Hall–Kier alpha value is -3.93. The average molecular weight is 387 g/mol. The van der Waals surface area contributed by atoms with E-state index in [4.69, 9.17) is 4.74 Å². The van der Waals surface area contributed by atoms with Crippen LogP contribution in [0.3, 0.4) is 0 Å². The van der Waals surface area contributed by atoms with Crippen molar-refractivity contribution in [2.45, 2.75) is 0 Å². The zero-order chi connectivity index (χ0) is 20.3. The normalized spacial score (nSPS) is 9.93. The van der Waals surface area contributed by atoms with E-state index in [9.17, 15) is 9.59 Å². The molecule has 6 heteroatoms. The van der Waals surface area contributed by atoms with E-state index in [2.05, 4.69) is 15.8 Å². The van der Waals surface area contributed by atoms with Gasteiger partial charge in [-0.05, 0) is 12.1 Å². The average Bonchev–Trinajstić information content (AvgIpc) is 2.78. The van der Waals surface area contributed by atoms with E-state index in [1.54, 1.807) is 12.1 Å². The lowest BCUT2D eigenvalue weighted by Gasteiger charge is -2.09. The molecule has 0 aromatic heterocycles. The van der Waals surface area contributed by atoms with Crippen LogP contribution in [0.2, 0.25) is 0 Å². The number of nitrogens with zero attached hydrogens (tertiary/aromatic N) is 1. The second kappa shape index (κ2) is 10.4. The Morgan fingerprint density at radius 1 is 0.724 bits per heavy atom. The first-order valence-electron chi connectivity index (χ1n) is 9.14. The quantitative estimate of drug-likeness (QED) is 0.461. The lowest BCUT2D eigenvalue weighted by Crippen LogP contribution is -2.37. The van der Waals surface area contributed by atoms with Crippen LogP contribution in [0.4, 0.5) is 0 Å². The van der Waals surface area contributed by atoms with Gasteiger partial charge >= 0.3 is 0 Å². The summed E-state index contributed by atoms with van der Waals surface area (Å²) in [4.78, 5) is 24.0. The van der Waals surface area contributed by atoms with Crippen LogP contribution in [-0.2, 0) is 9.59 Å².